The minimum atomic E-state index is -0.960. The number of aromatic nitrogens is 4. The first-order valence-electron chi connectivity index (χ1n) is 12.7. The highest BCUT2D eigenvalue weighted by Gasteiger charge is 2.19. The van der Waals surface area contributed by atoms with Gasteiger partial charge in [-0.15, -0.1) is 5.10 Å². The molecule has 0 saturated carbocycles. The van der Waals surface area contributed by atoms with Crippen LogP contribution in [0.5, 0.6) is 0 Å². The van der Waals surface area contributed by atoms with Crippen molar-refractivity contribution in [1.82, 2.24) is 31.1 Å². The third kappa shape index (κ3) is 9.73. The van der Waals surface area contributed by atoms with E-state index in [0.29, 0.717) is 32.1 Å². The number of rotatable bonds is 8. The maximum atomic E-state index is 12.7. The number of hydrazine groups is 1. The highest BCUT2D eigenvalue weighted by atomic mass is 35.5. The van der Waals surface area contributed by atoms with E-state index in [2.05, 4.69) is 64.3 Å². The van der Waals surface area contributed by atoms with Gasteiger partial charge in [0.05, 0.1) is 27.2 Å². The number of nitrogens with zero attached hydrogens (tertiary/aromatic N) is 4. The maximum absolute atomic E-state index is 12.7. The van der Waals surface area contributed by atoms with Crippen LogP contribution in [0.3, 0.4) is 0 Å². The zero-order chi connectivity index (χ0) is 31.1. The standard InChI is InChI=1S/C28H31Cl2N7O4S/c1-17(38)32-33-24(39)15-41-28(5,6)12-11-18-7-9-22(20(29)13-18)31-25(40)16-42-26-34-35-36-37(26)23-10-8-19(14-21(23)30)27(2,3)4/h7-10,13-14H,15-16H2,1-6H3,(H,31,40)(H,32,38)(H,33,39). The first-order chi connectivity index (χ1) is 19.6. The molecule has 0 aliphatic rings. The molecule has 3 aromatic rings. The van der Waals surface area contributed by atoms with Crippen LogP contribution < -0.4 is 16.2 Å². The Morgan fingerprint density at radius 2 is 1.74 bits per heavy atom. The SMILES string of the molecule is CC(=O)NNC(=O)COC(C)(C)C#Cc1ccc(NC(=O)CSc2nnnn2-c2ccc(C(C)(C)C)cc2Cl)c(Cl)c1. The molecule has 0 bridgehead atoms. The molecule has 0 fully saturated rings. The van der Waals surface area contributed by atoms with E-state index in [9.17, 15) is 14.4 Å². The average Bonchev–Trinajstić information content (AvgIpc) is 3.37. The van der Waals surface area contributed by atoms with Crippen LogP contribution in [0.1, 0.15) is 52.7 Å². The van der Waals surface area contributed by atoms with E-state index >= 15 is 0 Å². The second kappa shape index (κ2) is 14.0. The van der Waals surface area contributed by atoms with Crippen molar-refractivity contribution in [3.05, 3.63) is 57.6 Å². The van der Waals surface area contributed by atoms with Gasteiger partial charge in [-0.2, -0.15) is 4.68 Å². The molecule has 2 aromatic carbocycles. The van der Waals surface area contributed by atoms with E-state index in [1.165, 1.54) is 11.6 Å². The quantitative estimate of drug-likeness (QED) is 0.190. The first kappa shape index (κ1) is 32.9. The largest absolute Gasteiger partial charge is 0.353 e. The van der Waals surface area contributed by atoms with E-state index in [1.54, 1.807) is 32.0 Å². The molecule has 11 nitrogen and oxygen atoms in total. The Balaban J connectivity index is 1.58. The Morgan fingerprint density at radius 3 is 2.38 bits per heavy atom. The predicted molar refractivity (Wildman–Crippen MR) is 163 cm³/mol. The van der Waals surface area contributed by atoms with Crippen LogP contribution in [0.2, 0.25) is 10.0 Å². The lowest BCUT2D eigenvalue weighted by Gasteiger charge is -2.20. The minimum absolute atomic E-state index is 0.0248. The monoisotopic (exact) mass is 631 g/mol. The smallest absolute Gasteiger partial charge is 0.264 e. The van der Waals surface area contributed by atoms with Gasteiger partial charge in [-0.25, -0.2) is 0 Å². The first-order valence-corrected chi connectivity index (χ1v) is 14.4. The molecular formula is C28H31Cl2N7O4S. The van der Waals surface area contributed by atoms with E-state index in [-0.39, 0.29) is 23.7 Å². The number of hydrogen-bond acceptors (Lipinski definition) is 8. The molecule has 0 unspecified atom stereocenters. The van der Waals surface area contributed by atoms with Crippen LogP contribution >= 0.6 is 35.0 Å². The molecule has 3 amide bonds. The molecule has 222 valence electrons. The summed E-state index contributed by atoms with van der Waals surface area (Å²) in [6.45, 7) is 10.7. The number of hydrogen-bond donors (Lipinski definition) is 3. The number of halogens is 2. The summed E-state index contributed by atoms with van der Waals surface area (Å²) in [5, 5.41) is 15.8. The molecule has 1 aromatic heterocycles. The number of anilines is 1. The zero-order valence-electron chi connectivity index (χ0n) is 24.0. The van der Waals surface area contributed by atoms with Gasteiger partial charge in [-0.1, -0.05) is 73.6 Å². The van der Waals surface area contributed by atoms with Crippen LogP contribution in [0.25, 0.3) is 5.69 Å². The summed E-state index contributed by atoms with van der Waals surface area (Å²) < 4.78 is 7.01. The fraction of sp³-hybridized carbons (Fsp3) is 0.357. The van der Waals surface area contributed by atoms with E-state index in [0.717, 1.165) is 17.3 Å². The predicted octanol–water partition coefficient (Wildman–Crippen LogP) is 4.31. The van der Waals surface area contributed by atoms with Crippen LogP contribution in [0, 0.1) is 11.8 Å². The van der Waals surface area contributed by atoms with Crippen molar-refractivity contribution in [2.45, 2.75) is 57.7 Å². The topological polar surface area (TPSA) is 140 Å². The number of amides is 3. The fourth-order valence-corrected chi connectivity index (χ4v) is 4.45. The molecule has 0 spiro atoms. The second-order valence-electron chi connectivity index (χ2n) is 10.6. The molecule has 0 atom stereocenters. The third-order valence-corrected chi connectivity index (χ3v) is 7.04. The summed E-state index contributed by atoms with van der Waals surface area (Å²) in [6, 6.07) is 10.7. The van der Waals surface area contributed by atoms with Crippen LogP contribution in [-0.2, 0) is 24.5 Å². The zero-order valence-corrected chi connectivity index (χ0v) is 26.3. The lowest BCUT2D eigenvalue weighted by atomic mass is 9.87. The Kier molecular flexibility index (Phi) is 11.0. The van der Waals surface area contributed by atoms with Crippen molar-refractivity contribution < 1.29 is 19.1 Å². The summed E-state index contributed by atoms with van der Waals surface area (Å²) in [5.74, 6) is 4.68. The fourth-order valence-electron chi connectivity index (χ4n) is 3.27. The van der Waals surface area contributed by atoms with E-state index < -0.39 is 17.4 Å². The highest BCUT2D eigenvalue weighted by molar-refractivity contribution is 7.99. The normalized spacial score (nSPS) is 11.3. The molecule has 1 heterocycles. The third-order valence-electron chi connectivity index (χ3n) is 5.51. The molecule has 0 aliphatic carbocycles. The van der Waals surface area contributed by atoms with Crippen molar-refractivity contribution in [1.29, 1.82) is 0 Å². The van der Waals surface area contributed by atoms with Gasteiger partial charge in [0, 0.05) is 12.5 Å². The lowest BCUT2D eigenvalue weighted by Crippen LogP contribution is -2.43. The number of carbonyl (C=O) groups is 3. The van der Waals surface area contributed by atoms with Crippen molar-refractivity contribution in [2.75, 3.05) is 17.7 Å². The van der Waals surface area contributed by atoms with Gasteiger partial charge in [0.25, 0.3) is 5.91 Å². The summed E-state index contributed by atoms with van der Waals surface area (Å²) in [4.78, 5) is 35.3. The van der Waals surface area contributed by atoms with Gasteiger partial charge < -0.3 is 10.1 Å². The minimum Gasteiger partial charge on any atom is -0.353 e. The molecule has 42 heavy (non-hydrogen) atoms. The summed E-state index contributed by atoms with van der Waals surface area (Å²) in [5.41, 5.74) is 6.05. The van der Waals surface area contributed by atoms with Gasteiger partial charge in [-0.05, 0) is 65.6 Å². The molecule has 0 aliphatic heterocycles. The number of ether oxygens (including phenoxy) is 1. The number of carbonyl (C=O) groups excluding carboxylic acids is 3. The van der Waals surface area contributed by atoms with Crippen LogP contribution in [-0.4, -0.2) is 55.9 Å². The molecular weight excluding hydrogens is 601 g/mol. The van der Waals surface area contributed by atoms with E-state index in [1.807, 2.05) is 18.2 Å². The summed E-state index contributed by atoms with van der Waals surface area (Å²) in [7, 11) is 0. The molecule has 3 rings (SSSR count). The second-order valence-corrected chi connectivity index (χ2v) is 12.4. The van der Waals surface area contributed by atoms with Crippen molar-refractivity contribution in [3.8, 4) is 17.5 Å². The van der Waals surface area contributed by atoms with Crippen LogP contribution in [0.4, 0.5) is 5.69 Å². The van der Waals surface area contributed by atoms with Crippen LogP contribution in [0.15, 0.2) is 41.6 Å². The van der Waals surface area contributed by atoms with E-state index in [4.69, 9.17) is 27.9 Å². The molecule has 0 radical (unpaired) electrons. The number of nitrogens with one attached hydrogen (secondary N) is 3. The van der Waals surface area contributed by atoms with Crippen molar-refractivity contribution in [3.63, 3.8) is 0 Å². The van der Waals surface area contributed by atoms with Gasteiger partial charge in [0.2, 0.25) is 17.0 Å². The van der Waals surface area contributed by atoms with Crippen molar-refractivity contribution in [2.24, 2.45) is 0 Å². The average molecular weight is 633 g/mol. The Morgan fingerprint density at radius 1 is 1.00 bits per heavy atom. The van der Waals surface area contributed by atoms with Crippen molar-refractivity contribution >= 4 is 58.4 Å². The lowest BCUT2D eigenvalue weighted by molar-refractivity contribution is -0.133. The van der Waals surface area contributed by atoms with Gasteiger partial charge in [0.1, 0.15) is 12.2 Å². The Bertz CT molecular complexity index is 1540. The maximum Gasteiger partial charge on any atom is 0.264 e. The highest BCUT2D eigenvalue weighted by Crippen LogP contribution is 2.30. The van der Waals surface area contributed by atoms with Gasteiger partial charge in [0.15, 0.2) is 0 Å². The summed E-state index contributed by atoms with van der Waals surface area (Å²) >= 11 is 14.1. The van der Waals surface area contributed by atoms with Gasteiger partial charge in [-0.3, -0.25) is 25.2 Å². The Hall–Kier alpha value is -3.63. The molecule has 0 saturated heterocycles. The number of thioether (sulfide) groups is 1. The molecule has 3 N–H and O–H groups in total. The van der Waals surface area contributed by atoms with Gasteiger partial charge >= 0.3 is 0 Å². The molecule has 14 heteroatoms. The Labute approximate surface area is 258 Å². The summed E-state index contributed by atoms with van der Waals surface area (Å²) in [6.07, 6.45) is 0. The number of tetrazole rings is 1. The number of benzene rings is 2.